The van der Waals surface area contributed by atoms with E-state index in [2.05, 4.69) is 10.6 Å². The molecule has 0 saturated carbocycles. The average Bonchev–Trinajstić information content (AvgIpc) is 2.73. The Morgan fingerprint density at radius 1 is 1.06 bits per heavy atom. The van der Waals surface area contributed by atoms with Crippen LogP contribution in [-0.4, -0.2) is 59.9 Å². The van der Waals surface area contributed by atoms with Gasteiger partial charge in [-0.15, -0.1) is 0 Å². The first-order valence-electron chi connectivity index (χ1n) is 9.49. The third-order valence-electron chi connectivity index (χ3n) is 4.44. The first-order valence-corrected chi connectivity index (χ1v) is 11.3. The quantitative estimate of drug-likeness (QED) is 0.535. The fourth-order valence-electron chi connectivity index (χ4n) is 2.93. The van der Waals surface area contributed by atoms with Crippen LogP contribution in [0.1, 0.15) is 17.3 Å². The Hall–Kier alpha value is -3.11. The summed E-state index contributed by atoms with van der Waals surface area (Å²) in [7, 11) is -0.749. The minimum Gasteiger partial charge on any atom is -0.497 e. The number of para-hydroxylation sites is 1. The predicted molar refractivity (Wildman–Crippen MR) is 119 cm³/mol. The summed E-state index contributed by atoms with van der Waals surface area (Å²) in [5.74, 6) is -0.406. The van der Waals surface area contributed by atoms with Crippen LogP contribution in [0.4, 0.5) is 11.4 Å². The lowest BCUT2D eigenvalue weighted by Crippen LogP contribution is -2.45. The number of nitrogens with one attached hydrogen (secondary N) is 2. The van der Waals surface area contributed by atoms with Crippen LogP contribution >= 0.6 is 0 Å². The summed E-state index contributed by atoms with van der Waals surface area (Å²) in [6.07, 6.45) is 1.03. The molecule has 9 nitrogen and oxygen atoms in total. The van der Waals surface area contributed by atoms with Gasteiger partial charge in [-0.3, -0.25) is 13.9 Å². The topological polar surface area (TPSA) is 114 Å². The molecule has 0 aliphatic heterocycles. The number of carbonyl (C=O) groups excluding carboxylic acids is 2. The Labute approximate surface area is 182 Å². The van der Waals surface area contributed by atoms with Crippen LogP contribution in [0.3, 0.4) is 0 Å². The second-order valence-electron chi connectivity index (χ2n) is 6.72. The van der Waals surface area contributed by atoms with Gasteiger partial charge in [-0.25, -0.2) is 8.42 Å². The van der Waals surface area contributed by atoms with Gasteiger partial charge in [0.2, 0.25) is 15.9 Å². The van der Waals surface area contributed by atoms with Gasteiger partial charge >= 0.3 is 0 Å². The summed E-state index contributed by atoms with van der Waals surface area (Å²) in [5, 5.41) is 5.36. The summed E-state index contributed by atoms with van der Waals surface area (Å²) in [6.45, 7) is 2.14. The van der Waals surface area contributed by atoms with Gasteiger partial charge in [0, 0.05) is 13.7 Å². The number of nitrogens with zero attached hydrogens (tertiary/aromatic N) is 1. The SMILES string of the molecule is COCCNC(=O)c1ccccc1NC(=O)C(C)N(c1ccc(OC)cc1)S(C)(=O)=O. The molecule has 1 atom stereocenters. The zero-order valence-electron chi connectivity index (χ0n) is 17.9. The van der Waals surface area contributed by atoms with Crippen molar-refractivity contribution >= 4 is 33.2 Å². The van der Waals surface area contributed by atoms with E-state index in [1.807, 2.05) is 0 Å². The molecule has 0 aromatic heterocycles. The van der Waals surface area contributed by atoms with Gasteiger partial charge in [-0.2, -0.15) is 0 Å². The first-order chi connectivity index (χ1) is 14.7. The number of benzene rings is 2. The van der Waals surface area contributed by atoms with Gasteiger partial charge in [0.05, 0.1) is 36.9 Å². The second kappa shape index (κ2) is 10.8. The molecule has 2 N–H and O–H groups in total. The molecule has 168 valence electrons. The summed E-state index contributed by atoms with van der Waals surface area (Å²) < 4.78 is 35.9. The molecule has 0 radical (unpaired) electrons. The van der Waals surface area contributed by atoms with Crippen molar-refractivity contribution in [1.29, 1.82) is 0 Å². The lowest BCUT2D eigenvalue weighted by molar-refractivity contribution is -0.116. The molecule has 2 aromatic carbocycles. The Bertz CT molecular complexity index is 1010. The Morgan fingerprint density at radius 2 is 1.71 bits per heavy atom. The van der Waals surface area contributed by atoms with Crippen LogP contribution < -0.4 is 19.7 Å². The number of sulfonamides is 1. The smallest absolute Gasteiger partial charge is 0.253 e. The number of rotatable bonds is 10. The minimum absolute atomic E-state index is 0.259. The van der Waals surface area contributed by atoms with Crippen LogP contribution in [-0.2, 0) is 19.6 Å². The Morgan fingerprint density at radius 3 is 2.29 bits per heavy atom. The van der Waals surface area contributed by atoms with Crippen molar-refractivity contribution in [3.05, 3.63) is 54.1 Å². The molecule has 0 heterocycles. The number of ether oxygens (including phenoxy) is 2. The van der Waals surface area contributed by atoms with Crippen LogP contribution in [0.5, 0.6) is 5.75 Å². The highest BCUT2D eigenvalue weighted by atomic mass is 32.2. The molecule has 31 heavy (non-hydrogen) atoms. The molecule has 0 fully saturated rings. The highest BCUT2D eigenvalue weighted by Gasteiger charge is 2.29. The molecule has 2 rings (SSSR count). The van der Waals surface area contributed by atoms with Gasteiger partial charge < -0.3 is 20.1 Å². The molecule has 2 aromatic rings. The zero-order valence-corrected chi connectivity index (χ0v) is 18.7. The van der Waals surface area contributed by atoms with E-state index < -0.39 is 22.0 Å². The number of anilines is 2. The molecule has 10 heteroatoms. The highest BCUT2D eigenvalue weighted by molar-refractivity contribution is 7.92. The largest absolute Gasteiger partial charge is 0.497 e. The van der Waals surface area contributed by atoms with Gasteiger partial charge in [-0.05, 0) is 43.3 Å². The van der Waals surface area contributed by atoms with E-state index in [-0.39, 0.29) is 17.2 Å². The number of carbonyl (C=O) groups is 2. The molecule has 2 amide bonds. The molecular formula is C21H27N3O6S. The molecule has 0 bridgehead atoms. The number of hydrogen-bond acceptors (Lipinski definition) is 6. The highest BCUT2D eigenvalue weighted by Crippen LogP contribution is 2.25. The van der Waals surface area contributed by atoms with E-state index in [9.17, 15) is 18.0 Å². The fourth-order valence-corrected chi connectivity index (χ4v) is 4.10. The summed E-state index contributed by atoms with van der Waals surface area (Å²) in [5.41, 5.74) is 0.850. The first kappa shape index (κ1) is 24.2. The van der Waals surface area contributed by atoms with Gasteiger partial charge in [-0.1, -0.05) is 12.1 Å². The Balaban J connectivity index is 2.26. The van der Waals surface area contributed by atoms with E-state index in [1.54, 1.807) is 48.5 Å². The summed E-state index contributed by atoms with van der Waals surface area (Å²) in [4.78, 5) is 25.4. The van der Waals surface area contributed by atoms with Gasteiger partial charge in [0.25, 0.3) is 5.91 Å². The molecule has 0 aliphatic rings. The van der Waals surface area contributed by atoms with Crippen molar-refractivity contribution in [1.82, 2.24) is 5.32 Å². The van der Waals surface area contributed by atoms with Crippen LogP contribution in [0, 0.1) is 0 Å². The maximum atomic E-state index is 12.9. The van der Waals surface area contributed by atoms with E-state index in [0.717, 1.165) is 10.6 Å². The monoisotopic (exact) mass is 449 g/mol. The average molecular weight is 450 g/mol. The lowest BCUT2D eigenvalue weighted by Gasteiger charge is -2.28. The maximum Gasteiger partial charge on any atom is 0.253 e. The normalized spacial score (nSPS) is 12.0. The maximum absolute atomic E-state index is 12.9. The van der Waals surface area contributed by atoms with E-state index >= 15 is 0 Å². The standard InChI is InChI=1S/C21H27N3O6S/c1-15(24(31(4,27)28)16-9-11-17(30-3)12-10-16)20(25)23-19-8-6-5-7-18(19)21(26)22-13-14-29-2/h5-12,15H,13-14H2,1-4H3,(H,22,26)(H,23,25). The summed E-state index contributed by atoms with van der Waals surface area (Å²) >= 11 is 0. The van der Waals surface area contributed by atoms with Crippen molar-refractivity contribution < 1.29 is 27.5 Å². The van der Waals surface area contributed by atoms with E-state index in [1.165, 1.54) is 21.1 Å². The van der Waals surface area contributed by atoms with Crippen molar-refractivity contribution in [2.24, 2.45) is 0 Å². The van der Waals surface area contributed by atoms with Crippen molar-refractivity contribution in [2.45, 2.75) is 13.0 Å². The van der Waals surface area contributed by atoms with Crippen molar-refractivity contribution in [3.8, 4) is 5.75 Å². The summed E-state index contributed by atoms with van der Waals surface area (Å²) in [6, 6.07) is 11.7. The van der Waals surface area contributed by atoms with Gasteiger partial charge in [0.15, 0.2) is 0 Å². The number of amides is 2. The number of methoxy groups -OCH3 is 2. The van der Waals surface area contributed by atoms with Crippen LogP contribution in [0.15, 0.2) is 48.5 Å². The van der Waals surface area contributed by atoms with E-state index in [0.29, 0.717) is 24.6 Å². The van der Waals surface area contributed by atoms with E-state index in [4.69, 9.17) is 9.47 Å². The molecule has 0 saturated heterocycles. The zero-order chi connectivity index (χ0) is 23.0. The second-order valence-corrected chi connectivity index (χ2v) is 8.58. The van der Waals surface area contributed by atoms with Crippen molar-refractivity contribution in [2.75, 3.05) is 43.2 Å². The third kappa shape index (κ3) is 6.43. The Kier molecular flexibility index (Phi) is 8.40. The number of hydrogen-bond donors (Lipinski definition) is 2. The third-order valence-corrected chi connectivity index (χ3v) is 5.68. The predicted octanol–water partition coefficient (Wildman–Crippen LogP) is 1.86. The lowest BCUT2D eigenvalue weighted by atomic mass is 10.1. The minimum atomic E-state index is -3.78. The molecule has 0 spiro atoms. The van der Waals surface area contributed by atoms with Crippen molar-refractivity contribution in [3.63, 3.8) is 0 Å². The molecular weight excluding hydrogens is 422 g/mol. The van der Waals surface area contributed by atoms with Crippen LogP contribution in [0.2, 0.25) is 0 Å². The van der Waals surface area contributed by atoms with Gasteiger partial charge in [0.1, 0.15) is 11.8 Å². The fraction of sp³-hybridized carbons (Fsp3) is 0.333. The molecule has 0 aliphatic carbocycles. The van der Waals surface area contributed by atoms with Crippen LogP contribution in [0.25, 0.3) is 0 Å². The molecule has 1 unspecified atom stereocenters.